The quantitative estimate of drug-likeness (QED) is 0.371. The SMILES string of the molecule is O=[N+]([O-])c1ccc(O)c(C=Nc2ccc(S(=O)(=O)N3CCc4ccccc4C3)cc2)c1. The van der Waals surface area contributed by atoms with Gasteiger partial charge in [0.2, 0.25) is 10.0 Å². The zero-order valence-electron chi connectivity index (χ0n) is 16.4. The Balaban J connectivity index is 1.53. The molecule has 0 bridgehead atoms. The molecule has 0 aromatic heterocycles. The summed E-state index contributed by atoms with van der Waals surface area (Å²) in [6.07, 6.45) is 1.97. The van der Waals surface area contributed by atoms with E-state index in [4.69, 9.17) is 0 Å². The first-order valence-corrected chi connectivity index (χ1v) is 11.0. The lowest BCUT2D eigenvalue weighted by molar-refractivity contribution is -0.384. The van der Waals surface area contributed by atoms with Gasteiger partial charge >= 0.3 is 0 Å². The van der Waals surface area contributed by atoms with Crippen LogP contribution in [0.2, 0.25) is 0 Å². The first-order valence-electron chi connectivity index (χ1n) is 9.53. The molecule has 0 saturated carbocycles. The van der Waals surface area contributed by atoms with Crippen molar-refractivity contribution in [1.82, 2.24) is 4.31 Å². The van der Waals surface area contributed by atoms with Gasteiger partial charge in [-0.25, -0.2) is 8.42 Å². The highest BCUT2D eigenvalue weighted by atomic mass is 32.2. The Hall–Kier alpha value is -3.56. The zero-order valence-corrected chi connectivity index (χ0v) is 17.2. The minimum absolute atomic E-state index is 0.140. The van der Waals surface area contributed by atoms with E-state index < -0.39 is 14.9 Å². The smallest absolute Gasteiger partial charge is 0.270 e. The Morgan fingerprint density at radius 2 is 1.74 bits per heavy atom. The number of aliphatic imine (C=N–C) groups is 1. The van der Waals surface area contributed by atoms with Gasteiger partial charge in [0.1, 0.15) is 5.75 Å². The third kappa shape index (κ3) is 4.32. The van der Waals surface area contributed by atoms with Crippen molar-refractivity contribution in [1.29, 1.82) is 0 Å². The largest absolute Gasteiger partial charge is 0.507 e. The van der Waals surface area contributed by atoms with Gasteiger partial charge in [0.05, 0.1) is 15.5 Å². The van der Waals surface area contributed by atoms with E-state index in [9.17, 15) is 23.6 Å². The van der Waals surface area contributed by atoms with Gasteiger partial charge in [0, 0.05) is 37.0 Å². The molecule has 0 unspecified atom stereocenters. The van der Waals surface area contributed by atoms with Crippen molar-refractivity contribution in [3.63, 3.8) is 0 Å². The molecule has 0 saturated heterocycles. The molecule has 1 aliphatic rings. The second kappa shape index (κ2) is 8.29. The molecule has 0 radical (unpaired) electrons. The van der Waals surface area contributed by atoms with E-state index in [0.29, 0.717) is 25.2 Å². The number of fused-ring (bicyclic) bond motifs is 1. The van der Waals surface area contributed by atoms with Crippen molar-refractivity contribution in [2.75, 3.05) is 6.54 Å². The first kappa shape index (κ1) is 20.7. The molecule has 9 heteroatoms. The molecular formula is C22H19N3O5S. The summed E-state index contributed by atoms with van der Waals surface area (Å²) in [5.41, 5.74) is 2.66. The number of non-ortho nitro benzene ring substituents is 1. The molecule has 0 spiro atoms. The molecule has 1 aliphatic heterocycles. The summed E-state index contributed by atoms with van der Waals surface area (Å²) in [4.78, 5) is 14.7. The number of hydrogen-bond donors (Lipinski definition) is 1. The van der Waals surface area contributed by atoms with Crippen molar-refractivity contribution < 1.29 is 18.4 Å². The molecule has 4 rings (SSSR count). The van der Waals surface area contributed by atoms with Crippen LogP contribution in [0.1, 0.15) is 16.7 Å². The Bertz CT molecular complexity index is 1270. The van der Waals surface area contributed by atoms with Gasteiger partial charge in [0.15, 0.2) is 0 Å². The van der Waals surface area contributed by atoms with Gasteiger partial charge in [-0.05, 0) is 47.9 Å². The highest BCUT2D eigenvalue weighted by Crippen LogP contribution is 2.27. The second-order valence-electron chi connectivity index (χ2n) is 7.11. The fourth-order valence-electron chi connectivity index (χ4n) is 3.43. The molecule has 8 nitrogen and oxygen atoms in total. The summed E-state index contributed by atoms with van der Waals surface area (Å²) in [6.45, 7) is 0.760. The van der Waals surface area contributed by atoms with Crippen LogP contribution < -0.4 is 0 Å². The van der Waals surface area contributed by atoms with E-state index in [0.717, 1.165) is 5.56 Å². The van der Waals surface area contributed by atoms with Crippen molar-refractivity contribution >= 4 is 27.6 Å². The maximum Gasteiger partial charge on any atom is 0.270 e. The van der Waals surface area contributed by atoms with Crippen LogP contribution in [0, 0.1) is 10.1 Å². The summed E-state index contributed by atoms with van der Waals surface area (Å²) in [5.74, 6) is -0.140. The molecule has 0 atom stereocenters. The number of phenols is 1. The van der Waals surface area contributed by atoms with Crippen LogP contribution in [-0.2, 0) is 23.0 Å². The molecule has 158 valence electrons. The van der Waals surface area contributed by atoms with Gasteiger partial charge < -0.3 is 5.11 Å². The number of nitrogens with zero attached hydrogens (tertiary/aromatic N) is 3. The lowest BCUT2D eigenvalue weighted by atomic mass is 10.0. The van der Waals surface area contributed by atoms with Crippen molar-refractivity contribution in [2.45, 2.75) is 17.9 Å². The van der Waals surface area contributed by atoms with Gasteiger partial charge in [-0.2, -0.15) is 4.31 Å². The predicted molar refractivity (Wildman–Crippen MR) is 116 cm³/mol. The summed E-state index contributed by atoms with van der Waals surface area (Å²) in [7, 11) is -3.64. The maximum atomic E-state index is 13.0. The van der Waals surface area contributed by atoms with Crippen molar-refractivity contribution in [3.8, 4) is 5.75 Å². The minimum atomic E-state index is -3.64. The van der Waals surface area contributed by atoms with Crippen LogP contribution >= 0.6 is 0 Å². The van der Waals surface area contributed by atoms with Crippen LogP contribution in [0.3, 0.4) is 0 Å². The van der Waals surface area contributed by atoms with E-state index in [-0.39, 0.29) is 21.9 Å². The van der Waals surface area contributed by atoms with Crippen LogP contribution in [0.25, 0.3) is 0 Å². The van der Waals surface area contributed by atoms with Gasteiger partial charge in [-0.1, -0.05) is 24.3 Å². The molecule has 1 N–H and O–H groups in total. The Morgan fingerprint density at radius 3 is 2.45 bits per heavy atom. The van der Waals surface area contributed by atoms with Crippen LogP contribution in [-0.4, -0.2) is 35.5 Å². The summed E-state index contributed by atoms with van der Waals surface area (Å²) in [5, 5.41) is 20.7. The number of sulfonamides is 1. The average molecular weight is 437 g/mol. The van der Waals surface area contributed by atoms with E-state index in [1.165, 1.54) is 46.4 Å². The number of aromatic hydroxyl groups is 1. The van der Waals surface area contributed by atoms with Crippen molar-refractivity contribution in [2.24, 2.45) is 4.99 Å². The number of hydrogen-bond acceptors (Lipinski definition) is 6. The minimum Gasteiger partial charge on any atom is -0.507 e. The van der Waals surface area contributed by atoms with E-state index in [1.54, 1.807) is 12.1 Å². The van der Waals surface area contributed by atoms with Crippen LogP contribution in [0.4, 0.5) is 11.4 Å². The molecule has 0 amide bonds. The first-order chi connectivity index (χ1) is 14.8. The average Bonchev–Trinajstić information content (AvgIpc) is 2.78. The lowest BCUT2D eigenvalue weighted by Gasteiger charge is -2.28. The molecule has 3 aromatic rings. The normalized spacial score (nSPS) is 14.5. The monoisotopic (exact) mass is 437 g/mol. The Kier molecular flexibility index (Phi) is 5.53. The second-order valence-corrected chi connectivity index (χ2v) is 9.05. The van der Waals surface area contributed by atoms with E-state index in [1.807, 2.05) is 24.3 Å². The van der Waals surface area contributed by atoms with Gasteiger partial charge in [-0.15, -0.1) is 0 Å². The van der Waals surface area contributed by atoms with Gasteiger partial charge in [-0.3, -0.25) is 15.1 Å². The molecule has 0 fully saturated rings. The van der Waals surface area contributed by atoms with Crippen LogP contribution in [0.5, 0.6) is 5.75 Å². The number of nitro benzene ring substituents is 1. The Labute approximate surface area is 179 Å². The summed E-state index contributed by atoms with van der Waals surface area (Å²) < 4.78 is 27.5. The fraction of sp³-hybridized carbons (Fsp3) is 0.136. The standard InChI is InChI=1S/C22H19N3O5S/c26-22-10-7-20(25(27)28)13-18(22)14-23-19-5-8-21(9-6-19)31(29,30)24-12-11-16-3-1-2-4-17(16)15-24/h1-10,13-14,26H,11-12,15H2. The predicted octanol–water partition coefficient (Wildman–Crippen LogP) is 3.80. The number of phenolic OH excluding ortho intramolecular Hbond substituents is 1. The molecule has 3 aromatic carbocycles. The maximum absolute atomic E-state index is 13.0. The summed E-state index contributed by atoms with van der Waals surface area (Å²) >= 11 is 0. The zero-order chi connectivity index (χ0) is 22.0. The third-order valence-corrected chi connectivity index (χ3v) is 7.00. The number of rotatable bonds is 5. The number of benzene rings is 3. The molecule has 31 heavy (non-hydrogen) atoms. The molecular weight excluding hydrogens is 418 g/mol. The highest BCUT2D eigenvalue weighted by Gasteiger charge is 2.28. The van der Waals surface area contributed by atoms with E-state index >= 15 is 0 Å². The van der Waals surface area contributed by atoms with Crippen molar-refractivity contribution in [3.05, 3.63) is 93.5 Å². The van der Waals surface area contributed by atoms with E-state index in [2.05, 4.69) is 4.99 Å². The number of nitro groups is 1. The fourth-order valence-corrected chi connectivity index (χ4v) is 4.85. The van der Waals surface area contributed by atoms with Gasteiger partial charge in [0.25, 0.3) is 5.69 Å². The Morgan fingerprint density at radius 1 is 1.03 bits per heavy atom. The third-order valence-electron chi connectivity index (χ3n) is 5.14. The van der Waals surface area contributed by atoms with Crippen LogP contribution in [0.15, 0.2) is 76.6 Å². The highest BCUT2D eigenvalue weighted by molar-refractivity contribution is 7.89. The molecule has 1 heterocycles. The topological polar surface area (TPSA) is 113 Å². The molecule has 0 aliphatic carbocycles. The summed E-state index contributed by atoms with van der Waals surface area (Å²) in [6, 6.07) is 17.5. The lowest BCUT2D eigenvalue weighted by Crippen LogP contribution is -2.35.